The number of rotatable bonds is 4. The largest absolute Gasteiger partial charge is 0.379 e. The number of nitrogens with one attached hydrogen (secondary N) is 1. The van der Waals surface area contributed by atoms with Crippen LogP contribution in [0.25, 0.3) is 0 Å². The van der Waals surface area contributed by atoms with Crippen LogP contribution in [0.1, 0.15) is 12.8 Å². The Bertz CT molecular complexity index is 412. The van der Waals surface area contributed by atoms with Crippen molar-refractivity contribution in [3.63, 3.8) is 0 Å². The summed E-state index contributed by atoms with van der Waals surface area (Å²) in [4.78, 5) is 30.5. The lowest BCUT2D eigenvalue weighted by atomic mass is 10.2. The number of likely N-dealkylation sites (tertiary alicyclic amines) is 1. The molecule has 0 bridgehead atoms. The normalized spacial score (nSPS) is 27.5. The molecule has 7 heteroatoms. The molecule has 0 aromatic rings. The van der Waals surface area contributed by atoms with Crippen molar-refractivity contribution >= 4 is 11.8 Å². The zero-order valence-electron chi connectivity index (χ0n) is 13.1. The van der Waals surface area contributed by atoms with E-state index in [-0.39, 0.29) is 18.4 Å². The number of morpholine rings is 1. The Hall–Kier alpha value is -1.18. The molecule has 3 fully saturated rings. The molecule has 124 valence electrons. The van der Waals surface area contributed by atoms with Gasteiger partial charge in [-0.2, -0.15) is 0 Å². The summed E-state index contributed by atoms with van der Waals surface area (Å²) in [5, 5.41) is 3.04. The van der Waals surface area contributed by atoms with Crippen LogP contribution in [0.5, 0.6) is 0 Å². The summed E-state index contributed by atoms with van der Waals surface area (Å²) in [7, 11) is 0. The van der Waals surface area contributed by atoms with Crippen LogP contribution in [0.3, 0.4) is 0 Å². The lowest BCUT2D eigenvalue weighted by molar-refractivity contribution is -0.141. The summed E-state index contributed by atoms with van der Waals surface area (Å²) in [6.07, 6.45) is 2.13. The fourth-order valence-corrected chi connectivity index (χ4v) is 3.50. The van der Waals surface area contributed by atoms with Crippen LogP contribution in [0.2, 0.25) is 0 Å². The van der Waals surface area contributed by atoms with Crippen LogP contribution in [0.15, 0.2) is 0 Å². The number of ether oxygens (including phenoxy) is 1. The van der Waals surface area contributed by atoms with Gasteiger partial charge in [-0.1, -0.05) is 0 Å². The van der Waals surface area contributed by atoms with E-state index in [1.54, 1.807) is 4.90 Å². The molecule has 2 amide bonds. The van der Waals surface area contributed by atoms with Gasteiger partial charge in [-0.05, 0) is 12.8 Å². The maximum atomic E-state index is 12.6. The maximum absolute atomic E-state index is 12.6. The fourth-order valence-electron chi connectivity index (χ4n) is 3.50. The molecule has 3 saturated heterocycles. The van der Waals surface area contributed by atoms with Gasteiger partial charge in [0.15, 0.2) is 0 Å². The smallest absolute Gasteiger partial charge is 0.242 e. The first kappa shape index (κ1) is 15.7. The van der Waals surface area contributed by atoms with Gasteiger partial charge in [0.25, 0.3) is 0 Å². The highest BCUT2D eigenvalue weighted by molar-refractivity contribution is 5.86. The zero-order valence-corrected chi connectivity index (χ0v) is 13.1. The third-order valence-electron chi connectivity index (χ3n) is 4.78. The zero-order chi connectivity index (χ0) is 15.4. The lowest BCUT2D eigenvalue weighted by Crippen LogP contribution is -2.53. The quantitative estimate of drug-likeness (QED) is 0.702. The molecular formula is C15H26N4O3. The van der Waals surface area contributed by atoms with E-state index in [4.69, 9.17) is 4.74 Å². The minimum absolute atomic E-state index is 0.0310. The summed E-state index contributed by atoms with van der Waals surface area (Å²) in [6, 6.07) is 0.295. The number of piperazine rings is 1. The summed E-state index contributed by atoms with van der Waals surface area (Å²) in [5.74, 6) is 0.134. The van der Waals surface area contributed by atoms with Gasteiger partial charge in [0.1, 0.15) is 0 Å². The first-order chi connectivity index (χ1) is 10.7. The van der Waals surface area contributed by atoms with Crippen molar-refractivity contribution in [1.29, 1.82) is 0 Å². The molecule has 7 nitrogen and oxygen atoms in total. The van der Waals surface area contributed by atoms with E-state index in [9.17, 15) is 9.59 Å². The summed E-state index contributed by atoms with van der Waals surface area (Å²) < 4.78 is 5.38. The van der Waals surface area contributed by atoms with E-state index in [1.807, 2.05) is 4.90 Å². The predicted octanol–water partition coefficient (Wildman–Crippen LogP) is -1.26. The summed E-state index contributed by atoms with van der Waals surface area (Å²) in [5.41, 5.74) is 0. The number of amides is 2. The Morgan fingerprint density at radius 3 is 2.82 bits per heavy atom. The van der Waals surface area contributed by atoms with Gasteiger partial charge in [-0.25, -0.2) is 0 Å². The van der Waals surface area contributed by atoms with Crippen LogP contribution >= 0.6 is 0 Å². The van der Waals surface area contributed by atoms with E-state index in [0.29, 0.717) is 19.1 Å². The second kappa shape index (κ2) is 7.39. The highest BCUT2D eigenvalue weighted by Crippen LogP contribution is 2.19. The van der Waals surface area contributed by atoms with Crippen molar-refractivity contribution < 1.29 is 14.3 Å². The SMILES string of the molecule is O=C1CNCCN1CC(=O)N1CCC[C@H]1CN1CCOCC1. The summed E-state index contributed by atoms with van der Waals surface area (Å²) in [6.45, 7) is 7.24. The molecule has 0 aromatic carbocycles. The molecule has 0 spiro atoms. The second-order valence-electron chi connectivity index (χ2n) is 6.29. The van der Waals surface area contributed by atoms with Crippen LogP contribution in [0, 0.1) is 0 Å². The molecule has 0 unspecified atom stereocenters. The molecule has 0 radical (unpaired) electrons. The predicted molar refractivity (Wildman–Crippen MR) is 81.4 cm³/mol. The third-order valence-corrected chi connectivity index (χ3v) is 4.78. The second-order valence-corrected chi connectivity index (χ2v) is 6.29. The molecular weight excluding hydrogens is 284 g/mol. The Morgan fingerprint density at radius 2 is 2.05 bits per heavy atom. The minimum atomic E-state index is 0.0310. The Balaban J connectivity index is 1.52. The molecule has 0 saturated carbocycles. The fraction of sp³-hybridized carbons (Fsp3) is 0.867. The van der Waals surface area contributed by atoms with Gasteiger partial charge in [0, 0.05) is 45.3 Å². The number of nitrogens with zero attached hydrogens (tertiary/aromatic N) is 3. The number of hydrogen-bond acceptors (Lipinski definition) is 5. The molecule has 0 aliphatic carbocycles. The highest BCUT2D eigenvalue weighted by Gasteiger charge is 2.32. The van der Waals surface area contributed by atoms with Gasteiger partial charge in [0.05, 0.1) is 26.3 Å². The van der Waals surface area contributed by atoms with Gasteiger partial charge in [-0.15, -0.1) is 0 Å². The number of hydrogen-bond donors (Lipinski definition) is 1. The molecule has 3 aliphatic heterocycles. The summed E-state index contributed by atoms with van der Waals surface area (Å²) >= 11 is 0. The van der Waals surface area contributed by atoms with Gasteiger partial charge in [-0.3, -0.25) is 14.5 Å². The standard InChI is InChI=1S/C15H26N4O3/c20-14-10-16-3-5-18(14)12-15(21)19-4-1-2-13(19)11-17-6-8-22-9-7-17/h13,16H,1-12H2/t13-/m0/s1. The van der Waals surface area contributed by atoms with Crippen molar-refractivity contribution in [2.75, 3.05) is 65.6 Å². The Kier molecular flexibility index (Phi) is 5.28. The number of carbonyl (C=O) groups is 2. The van der Waals surface area contributed by atoms with E-state index in [2.05, 4.69) is 10.2 Å². The van der Waals surface area contributed by atoms with Crippen molar-refractivity contribution in [2.24, 2.45) is 0 Å². The minimum Gasteiger partial charge on any atom is -0.379 e. The Morgan fingerprint density at radius 1 is 1.23 bits per heavy atom. The van der Waals surface area contributed by atoms with Crippen molar-refractivity contribution in [3.05, 3.63) is 0 Å². The monoisotopic (exact) mass is 310 g/mol. The van der Waals surface area contributed by atoms with Gasteiger partial charge in [0.2, 0.25) is 11.8 Å². The van der Waals surface area contributed by atoms with Crippen LogP contribution < -0.4 is 5.32 Å². The van der Waals surface area contributed by atoms with Crippen LogP contribution in [-0.2, 0) is 14.3 Å². The first-order valence-electron chi connectivity index (χ1n) is 8.32. The molecule has 1 atom stereocenters. The van der Waals surface area contributed by atoms with Crippen LogP contribution in [-0.4, -0.2) is 98.1 Å². The average Bonchev–Trinajstić information content (AvgIpc) is 2.99. The topological polar surface area (TPSA) is 65.1 Å². The highest BCUT2D eigenvalue weighted by atomic mass is 16.5. The first-order valence-corrected chi connectivity index (χ1v) is 8.32. The van der Waals surface area contributed by atoms with Crippen LogP contribution in [0.4, 0.5) is 0 Å². The molecule has 3 heterocycles. The van der Waals surface area contributed by atoms with E-state index in [0.717, 1.165) is 58.8 Å². The molecule has 22 heavy (non-hydrogen) atoms. The molecule has 0 aromatic heterocycles. The molecule has 1 N–H and O–H groups in total. The van der Waals surface area contributed by atoms with Gasteiger partial charge < -0.3 is 19.9 Å². The third kappa shape index (κ3) is 3.77. The maximum Gasteiger partial charge on any atom is 0.242 e. The van der Waals surface area contributed by atoms with Crippen molar-refractivity contribution in [1.82, 2.24) is 20.0 Å². The Labute approximate surface area is 131 Å². The van der Waals surface area contributed by atoms with Crippen molar-refractivity contribution in [3.8, 4) is 0 Å². The average molecular weight is 310 g/mol. The molecule has 3 aliphatic rings. The lowest BCUT2D eigenvalue weighted by Gasteiger charge is -2.34. The number of carbonyl (C=O) groups excluding carboxylic acids is 2. The van der Waals surface area contributed by atoms with Crippen molar-refractivity contribution in [2.45, 2.75) is 18.9 Å². The van der Waals surface area contributed by atoms with E-state index < -0.39 is 0 Å². The molecule has 3 rings (SSSR count). The van der Waals surface area contributed by atoms with E-state index >= 15 is 0 Å². The van der Waals surface area contributed by atoms with Gasteiger partial charge >= 0.3 is 0 Å². The van der Waals surface area contributed by atoms with E-state index in [1.165, 1.54) is 0 Å².